The molecule has 0 saturated carbocycles. The van der Waals surface area contributed by atoms with Gasteiger partial charge in [-0.1, -0.05) is 13.0 Å². The molecular formula is C9H18NO+. The molecule has 0 amide bonds. The van der Waals surface area contributed by atoms with E-state index in [9.17, 15) is 4.79 Å². The standard InChI is InChI=1S/C9H17NO/c1-2-9(11)7-5-3-4-6-8-10/h2H,1,3-8,10H2/p+1. The third-order valence-corrected chi connectivity index (χ3v) is 1.65. The Morgan fingerprint density at radius 2 is 1.91 bits per heavy atom. The van der Waals surface area contributed by atoms with E-state index in [1.54, 1.807) is 0 Å². The van der Waals surface area contributed by atoms with Crippen LogP contribution in [0.15, 0.2) is 12.7 Å². The summed E-state index contributed by atoms with van der Waals surface area (Å²) >= 11 is 0. The van der Waals surface area contributed by atoms with Gasteiger partial charge in [0.25, 0.3) is 0 Å². The SMILES string of the molecule is C=CC(=O)CCCCCC[NH3+]. The van der Waals surface area contributed by atoms with Crippen LogP contribution in [0, 0.1) is 0 Å². The second-order valence-electron chi connectivity index (χ2n) is 2.69. The van der Waals surface area contributed by atoms with Gasteiger partial charge in [0.1, 0.15) is 0 Å². The first-order chi connectivity index (χ1) is 5.31. The molecule has 0 aromatic carbocycles. The Balaban J connectivity index is 3.01. The molecule has 2 nitrogen and oxygen atoms in total. The molecule has 64 valence electrons. The smallest absolute Gasteiger partial charge is 0.155 e. The number of carbonyl (C=O) groups is 1. The summed E-state index contributed by atoms with van der Waals surface area (Å²) in [7, 11) is 0. The lowest BCUT2D eigenvalue weighted by Gasteiger charge is -1.95. The van der Waals surface area contributed by atoms with Gasteiger partial charge >= 0.3 is 0 Å². The van der Waals surface area contributed by atoms with Gasteiger partial charge in [0.05, 0.1) is 6.54 Å². The minimum Gasteiger partial charge on any atom is -0.358 e. The molecule has 0 heterocycles. The Hall–Kier alpha value is -0.630. The van der Waals surface area contributed by atoms with Crippen molar-refractivity contribution >= 4 is 5.78 Å². The lowest BCUT2D eigenvalue weighted by Crippen LogP contribution is -2.50. The summed E-state index contributed by atoms with van der Waals surface area (Å²) < 4.78 is 0. The Bertz CT molecular complexity index is 121. The highest BCUT2D eigenvalue weighted by atomic mass is 16.1. The van der Waals surface area contributed by atoms with E-state index in [1.807, 2.05) is 0 Å². The molecule has 2 heteroatoms. The predicted octanol–water partition coefficient (Wildman–Crippen LogP) is 0.934. The monoisotopic (exact) mass is 156 g/mol. The Morgan fingerprint density at radius 3 is 2.45 bits per heavy atom. The first-order valence-electron chi connectivity index (χ1n) is 4.25. The van der Waals surface area contributed by atoms with Crippen molar-refractivity contribution < 1.29 is 10.5 Å². The van der Waals surface area contributed by atoms with Gasteiger partial charge in [0.15, 0.2) is 5.78 Å². The van der Waals surface area contributed by atoms with E-state index >= 15 is 0 Å². The van der Waals surface area contributed by atoms with E-state index in [0.29, 0.717) is 6.42 Å². The molecule has 0 aromatic rings. The van der Waals surface area contributed by atoms with Crippen molar-refractivity contribution in [3.8, 4) is 0 Å². The van der Waals surface area contributed by atoms with E-state index < -0.39 is 0 Å². The molecule has 0 spiro atoms. The zero-order chi connectivity index (χ0) is 8.53. The fourth-order valence-corrected chi connectivity index (χ4v) is 0.932. The number of allylic oxidation sites excluding steroid dienone is 1. The van der Waals surface area contributed by atoms with Crippen LogP contribution >= 0.6 is 0 Å². The summed E-state index contributed by atoms with van der Waals surface area (Å²) in [5.41, 5.74) is 3.75. The van der Waals surface area contributed by atoms with Crippen molar-refractivity contribution in [1.29, 1.82) is 0 Å². The summed E-state index contributed by atoms with van der Waals surface area (Å²) in [5, 5.41) is 0. The fraction of sp³-hybridized carbons (Fsp3) is 0.667. The van der Waals surface area contributed by atoms with Crippen LogP contribution in [-0.4, -0.2) is 12.3 Å². The van der Waals surface area contributed by atoms with Crippen LogP contribution in [0.3, 0.4) is 0 Å². The van der Waals surface area contributed by atoms with Crippen LogP contribution in [0.2, 0.25) is 0 Å². The molecule has 0 aromatic heterocycles. The maximum absolute atomic E-state index is 10.7. The molecular weight excluding hydrogens is 138 g/mol. The van der Waals surface area contributed by atoms with Crippen LogP contribution in [-0.2, 0) is 4.79 Å². The fourth-order valence-electron chi connectivity index (χ4n) is 0.932. The number of hydrogen-bond acceptors (Lipinski definition) is 1. The van der Waals surface area contributed by atoms with Gasteiger partial charge in [-0.2, -0.15) is 0 Å². The highest BCUT2D eigenvalue weighted by molar-refractivity contribution is 5.88. The highest BCUT2D eigenvalue weighted by Crippen LogP contribution is 2.02. The zero-order valence-electron chi connectivity index (χ0n) is 7.14. The molecule has 3 N–H and O–H groups in total. The normalized spacial score (nSPS) is 9.55. The molecule has 11 heavy (non-hydrogen) atoms. The van der Waals surface area contributed by atoms with Crippen LogP contribution < -0.4 is 5.73 Å². The van der Waals surface area contributed by atoms with Crippen molar-refractivity contribution in [1.82, 2.24) is 0 Å². The number of rotatable bonds is 7. The molecule has 0 aliphatic carbocycles. The van der Waals surface area contributed by atoms with E-state index in [-0.39, 0.29) is 5.78 Å². The minimum absolute atomic E-state index is 0.166. The summed E-state index contributed by atoms with van der Waals surface area (Å²) in [4.78, 5) is 10.7. The molecule has 0 aliphatic rings. The maximum Gasteiger partial charge on any atom is 0.155 e. The Kier molecular flexibility index (Phi) is 7.05. The molecule has 0 bridgehead atoms. The van der Waals surface area contributed by atoms with Gasteiger partial charge < -0.3 is 5.73 Å². The van der Waals surface area contributed by atoms with Crippen LogP contribution in [0.5, 0.6) is 0 Å². The summed E-state index contributed by atoms with van der Waals surface area (Å²) in [6, 6.07) is 0. The van der Waals surface area contributed by atoms with Crippen molar-refractivity contribution in [3.63, 3.8) is 0 Å². The first-order valence-corrected chi connectivity index (χ1v) is 4.25. The Morgan fingerprint density at radius 1 is 1.27 bits per heavy atom. The molecule has 0 aliphatic heterocycles. The van der Waals surface area contributed by atoms with Crippen LogP contribution in [0.1, 0.15) is 32.1 Å². The highest BCUT2D eigenvalue weighted by Gasteiger charge is 1.94. The van der Waals surface area contributed by atoms with Gasteiger partial charge in [0.2, 0.25) is 0 Å². The van der Waals surface area contributed by atoms with Crippen molar-refractivity contribution in [3.05, 3.63) is 12.7 Å². The largest absolute Gasteiger partial charge is 0.358 e. The second kappa shape index (κ2) is 7.48. The average molecular weight is 156 g/mol. The molecule has 0 radical (unpaired) electrons. The number of ketones is 1. The van der Waals surface area contributed by atoms with Gasteiger partial charge in [-0.15, -0.1) is 0 Å². The van der Waals surface area contributed by atoms with E-state index in [4.69, 9.17) is 0 Å². The lowest BCUT2D eigenvalue weighted by molar-refractivity contribution is -0.368. The lowest BCUT2D eigenvalue weighted by atomic mass is 10.1. The molecule has 0 saturated heterocycles. The first kappa shape index (κ1) is 10.4. The molecule has 0 fully saturated rings. The quantitative estimate of drug-likeness (QED) is 0.432. The Labute approximate surface area is 68.5 Å². The third kappa shape index (κ3) is 7.26. The van der Waals surface area contributed by atoms with E-state index in [1.165, 1.54) is 18.9 Å². The van der Waals surface area contributed by atoms with Crippen molar-refractivity contribution in [2.45, 2.75) is 32.1 Å². The summed E-state index contributed by atoms with van der Waals surface area (Å²) in [5.74, 6) is 0.166. The number of unbranched alkanes of at least 4 members (excludes halogenated alkanes) is 3. The van der Waals surface area contributed by atoms with Gasteiger partial charge in [-0.3, -0.25) is 4.79 Å². The average Bonchev–Trinajstić information content (AvgIpc) is 2.04. The second-order valence-corrected chi connectivity index (χ2v) is 2.69. The summed E-state index contributed by atoms with van der Waals surface area (Å²) in [6.07, 6.45) is 6.61. The minimum atomic E-state index is 0.166. The van der Waals surface area contributed by atoms with Crippen molar-refractivity contribution in [2.75, 3.05) is 6.54 Å². The van der Waals surface area contributed by atoms with Gasteiger partial charge in [-0.25, -0.2) is 0 Å². The number of carbonyl (C=O) groups excluding carboxylic acids is 1. The summed E-state index contributed by atoms with van der Waals surface area (Å²) in [6.45, 7) is 4.43. The van der Waals surface area contributed by atoms with Gasteiger partial charge in [0, 0.05) is 6.42 Å². The van der Waals surface area contributed by atoms with E-state index in [0.717, 1.165) is 19.4 Å². The number of quaternary nitrogens is 1. The van der Waals surface area contributed by atoms with E-state index in [2.05, 4.69) is 12.3 Å². The predicted molar refractivity (Wildman–Crippen MR) is 46.0 cm³/mol. The molecule has 0 rings (SSSR count). The van der Waals surface area contributed by atoms with Crippen molar-refractivity contribution in [2.24, 2.45) is 0 Å². The van der Waals surface area contributed by atoms with Crippen LogP contribution in [0.25, 0.3) is 0 Å². The van der Waals surface area contributed by atoms with Gasteiger partial charge in [-0.05, 0) is 25.3 Å². The number of hydrogen-bond donors (Lipinski definition) is 1. The maximum atomic E-state index is 10.7. The molecule has 0 unspecified atom stereocenters. The topological polar surface area (TPSA) is 44.7 Å². The third-order valence-electron chi connectivity index (χ3n) is 1.65. The van der Waals surface area contributed by atoms with Crippen LogP contribution in [0.4, 0.5) is 0 Å². The zero-order valence-corrected chi connectivity index (χ0v) is 7.14. The molecule has 0 atom stereocenters.